The Kier molecular flexibility index (Phi) is 3.66. The summed E-state index contributed by atoms with van der Waals surface area (Å²) in [6.07, 6.45) is 3.27. The summed E-state index contributed by atoms with van der Waals surface area (Å²) in [5.41, 5.74) is -0.751. The van der Waals surface area contributed by atoms with Crippen LogP contribution in [0.3, 0.4) is 0 Å². The Morgan fingerprint density at radius 2 is 2.45 bits per heavy atom. The third kappa shape index (κ3) is 3.58. The third-order valence-corrected chi connectivity index (χ3v) is 1.77. The second-order valence-corrected chi connectivity index (χ2v) is 2.85. The van der Waals surface area contributed by atoms with Crippen molar-refractivity contribution in [1.82, 2.24) is 0 Å². The van der Waals surface area contributed by atoms with E-state index in [4.69, 9.17) is 16.3 Å². The average molecular weight is 179 g/mol. The minimum absolute atomic E-state index is 0.0615. The Morgan fingerprint density at radius 1 is 1.64 bits per heavy atom. The van der Waals surface area contributed by atoms with Gasteiger partial charge in [-0.1, -0.05) is 0 Å². The largest absolute Gasteiger partial charge is 0.451 e. The van der Waals surface area contributed by atoms with Gasteiger partial charge >= 0.3 is 5.43 Å². The molecule has 0 aliphatic carbocycles. The molecule has 1 heterocycles. The number of halogens is 1. The summed E-state index contributed by atoms with van der Waals surface area (Å²) in [6, 6.07) is 0. The van der Waals surface area contributed by atoms with Crippen LogP contribution in [0.15, 0.2) is 0 Å². The molecule has 0 saturated carbocycles. The van der Waals surface area contributed by atoms with Gasteiger partial charge in [0.05, 0.1) is 6.10 Å². The van der Waals surface area contributed by atoms with Gasteiger partial charge in [0, 0.05) is 18.2 Å². The molecule has 1 atom stereocenters. The predicted octanol–water partition coefficient (Wildman–Crippen LogP) is 1.93. The van der Waals surface area contributed by atoms with Gasteiger partial charge in [-0.15, -0.1) is 0 Å². The second-order valence-electron chi connectivity index (χ2n) is 2.54. The Bertz CT molecular complexity index is 132. The molecular formula is C7H11ClO3. The number of carbonyl (C=O) groups is 1. The molecule has 0 aromatic carbocycles. The highest BCUT2D eigenvalue weighted by Crippen LogP contribution is 2.12. The lowest BCUT2D eigenvalue weighted by atomic mass is 10.1. The van der Waals surface area contributed by atoms with Crippen LogP contribution in [-0.4, -0.2) is 24.7 Å². The topological polar surface area (TPSA) is 35.5 Å². The molecule has 11 heavy (non-hydrogen) atoms. The van der Waals surface area contributed by atoms with Gasteiger partial charge in [-0.05, 0) is 19.3 Å². The lowest BCUT2D eigenvalue weighted by Gasteiger charge is -2.21. The summed E-state index contributed by atoms with van der Waals surface area (Å²) in [7, 11) is 0. The van der Waals surface area contributed by atoms with Crippen molar-refractivity contribution >= 4 is 17.0 Å². The minimum Gasteiger partial charge on any atom is -0.451 e. The molecule has 0 aromatic heterocycles. The fourth-order valence-electron chi connectivity index (χ4n) is 1.10. The second kappa shape index (κ2) is 4.57. The Morgan fingerprint density at radius 3 is 3.00 bits per heavy atom. The maximum atomic E-state index is 10.2. The van der Waals surface area contributed by atoms with Crippen LogP contribution < -0.4 is 0 Å². The first-order chi connectivity index (χ1) is 5.29. The van der Waals surface area contributed by atoms with Crippen LogP contribution in [0.4, 0.5) is 4.79 Å². The molecule has 4 heteroatoms. The molecule has 0 N–H and O–H groups in total. The van der Waals surface area contributed by atoms with Crippen LogP contribution in [0.2, 0.25) is 0 Å². The smallest absolute Gasteiger partial charge is 0.403 e. The molecule has 0 aromatic rings. The molecule has 3 nitrogen and oxygen atoms in total. The van der Waals surface area contributed by atoms with Crippen LogP contribution in [-0.2, 0) is 9.47 Å². The zero-order valence-corrected chi connectivity index (χ0v) is 6.97. The highest BCUT2D eigenvalue weighted by molar-refractivity contribution is 6.61. The Labute approximate surface area is 70.6 Å². The molecule has 1 aliphatic rings. The highest BCUT2D eigenvalue weighted by Gasteiger charge is 2.14. The van der Waals surface area contributed by atoms with Crippen molar-refractivity contribution in [3.63, 3.8) is 0 Å². The van der Waals surface area contributed by atoms with Crippen molar-refractivity contribution in [2.24, 2.45) is 0 Å². The molecule has 1 aliphatic heterocycles. The maximum absolute atomic E-state index is 10.2. The molecule has 0 bridgehead atoms. The standard InChI is InChI=1S/C7H11ClO3/c8-7(9)11-5-6-3-1-2-4-10-6/h6H,1-5H2. The first-order valence-corrected chi connectivity index (χ1v) is 4.10. The Balaban J connectivity index is 2.09. The lowest BCUT2D eigenvalue weighted by molar-refractivity contribution is -0.0186. The van der Waals surface area contributed by atoms with Crippen molar-refractivity contribution in [1.29, 1.82) is 0 Å². The molecule has 1 rings (SSSR count). The number of carbonyl (C=O) groups excluding carboxylic acids is 1. The van der Waals surface area contributed by atoms with Gasteiger partial charge in [-0.3, -0.25) is 0 Å². The molecule has 0 amide bonds. The SMILES string of the molecule is O=C(Cl)OCC1CCCCO1. The fraction of sp³-hybridized carbons (Fsp3) is 0.857. The van der Waals surface area contributed by atoms with E-state index in [-0.39, 0.29) is 6.10 Å². The average Bonchev–Trinajstić information content (AvgIpc) is 2.03. The van der Waals surface area contributed by atoms with E-state index in [1.165, 1.54) is 0 Å². The quantitative estimate of drug-likeness (QED) is 0.607. The van der Waals surface area contributed by atoms with Crippen molar-refractivity contribution in [3.05, 3.63) is 0 Å². The van der Waals surface area contributed by atoms with Crippen LogP contribution in [0, 0.1) is 0 Å². The van der Waals surface area contributed by atoms with Crippen molar-refractivity contribution in [2.45, 2.75) is 25.4 Å². The highest BCUT2D eigenvalue weighted by atomic mass is 35.5. The van der Waals surface area contributed by atoms with Gasteiger partial charge in [-0.25, -0.2) is 4.79 Å². The summed E-state index contributed by atoms with van der Waals surface area (Å²) in [6.45, 7) is 1.06. The zero-order valence-electron chi connectivity index (χ0n) is 6.22. The maximum Gasteiger partial charge on any atom is 0.403 e. The number of hydrogen-bond donors (Lipinski definition) is 0. The van der Waals surface area contributed by atoms with Gasteiger partial charge in [0.2, 0.25) is 0 Å². The molecule has 1 unspecified atom stereocenters. The van der Waals surface area contributed by atoms with Gasteiger partial charge in [0.15, 0.2) is 0 Å². The van der Waals surface area contributed by atoms with E-state index in [9.17, 15) is 4.79 Å². The van der Waals surface area contributed by atoms with E-state index < -0.39 is 5.43 Å². The normalized spacial score (nSPS) is 24.6. The van der Waals surface area contributed by atoms with Gasteiger partial charge in [-0.2, -0.15) is 0 Å². The third-order valence-electron chi connectivity index (χ3n) is 1.66. The number of ether oxygens (including phenoxy) is 2. The molecule has 0 spiro atoms. The summed E-state index contributed by atoms with van der Waals surface area (Å²) in [4.78, 5) is 10.2. The molecule has 0 radical (unpaired) electrons. The van der Waals surface area contributed by atoms with Crippen LogP contribution in [0.25, 0.3) is 0 Å². The van der Waals surface area contributed by atoms with Gasteiger partial charge < -0.3 is 9.47 Å². The number of rotatable bonds is 2. The van der Waals surface area contributed by atoms with E-state index in [1.54, 1.807) is 0 Å². The van der Waals surface area contributed by atoms with Crippen molar-refractivity contribution in [2.75, 3.05) is 13.2 Å². The monoisotopic (exact) mass is 178 g/mol. The van der Waals surface area contributed by atoms with E-state index in [2.05, 4.69) is 4.74 Å². The van der Waals surface area contributed by atoms with Crippen LogP contribution in [0.5, 0.6) is 0 Å². The lowest BCUT2D eigenvalue weighted by Crippen LogP contribution is -2.24. The molecule has 1 fully saturated rings. The van der Waals surface area contributed by atoms with E-state index in [1.807, 2.05) is 0 Å². The predicted molar refractivity (Wildman–Crippen MR) is 40.8 cm³/mol. The zero-order chi connectivity index (χ0) is 8.10. The Hall–Kier alpha value is -0.280. The minimum atomic E-state index is -0.751. The molecule has 64 valence electrons. The van der Waals surface area contributed by atoms with Gasteiger partial charge in [0.1, 0.15) is 6.61 Å². The molecular weight excluding hydrogens is 168 g/mol. The molecule has 1 saturated heterocycles. The van der Waals surface area contributed by atoms with Crippen LogP contribution in [0.1, 0.15) is 19.3 Å². The summed E-state index contributed by atoms with van der Waals surface area (Å²) < 4.78 is 9.88. The first-order valence-electron chi connectivity index (χ1n) is 3.73. The van der Waals surface area contributed by atoms with E-state index in [0.29, 0.717) is 6.61 Å². The van der Waals surface area contributed by atoms with E-state index in [0.717, 1.165) is 25.9 Å². The van der Waals surface area contributed by atoms with Gasteiger partial charge in [0.25, 0.3) is 0 Å². The van der Waals surface area contributed by atoms with Crippen molar-refractivity contribution < 1.29 is 14.3 Å². The number of hydrogen-bond acceptors (Lipinski definition) is 3. The summed E-state index contributed by atoms with van der Waals surface area (Å²) in [5.74, 6) is 0. The summed E-state index contributed by atoms with van der Waals surface area (Å²) >= 11 is 4.98. The fourth-order valence-corrected chi connectivity index (χ4v) is 1.16. The summed E-state index contributed by atoms with van der Waals surface area (Å²) in [5, 5.41) is 0. The first kappa shape index (κ1) is 8.81. The van der Waals surface area contributed by atoms with Crippen LogP contribution >= 0.6 is 11.6 Å². The van der Waals surface area contributed by atoms with E-state index >= 15 is 0 Å². The van der Waals surface area contributed by atoms with Crippen molar-refractivity contribution in [3.8, 4) is 0 Å².